The summed E-state index contributed by atoms with van der Waals surface area (Å²) < 4.78 is 0. The van der Waals surface area contributed by atoms with Crippen molar-refractivity contribution in [3.8, 4) is 0 Å². The summed E-state index contributed by atoms with van der Waals surface area (Å²) in [5.41, 5.74) is 14.1. The number of unbranched alkanes of at least 4 members (excludes halogenated alkanes) is 1. The van der Waals surface area contributed by atoms with E-state index in [0.29, 0.717) is 11.5 Å². The van der Waals surface area contributed by atoms with Crippen LogP contribution in [0.1, 0.15) is 53.0 Å². The van der Waals surface area contributed by atoms with Crippen molar-refractivity contribution in [2.75, 3.05) is 5.73 Å². The Bertz CT molecular complexity index is 1350. The van der Waals surface area contributed by atoms with Crippen molar-refractivity contribution < 1.29 is 0 Å². The first-order valence-corrected chi connectivity index (χ1v) is 11.9. The van der Waals surface area contributed by atoms with Gasteiger partial charge in [-0.15, -0.1) is 5.10 Å². The van der Waals surface area contributed by atoms with E-state index in [-0.39, 0.29) is 5.92 Å². The van der Waals surface area contributed by atoms with E-state index in [1.165, 1.54) is 22.3 Å². The molecule has 0 radical (unpaired) electrons. The molecule has 0 saturated carbocycles. The molecule has 5 aromatic rings. The average Bonchev–Trinajstić information content (AvgIpc) is 3.34. The Kier molecular flexibility index (Phi) is 6.61. The molecule has 0 amide bonds. The molecule has 1 unspecified atom stereocenters. The van der Waals surface area contributed by atoms with E-state index in [2.05, 4.69) is 105 Å². The van der Waals surface area contributed by atoms with Gasteiger partial charge in [0.25, 0.3) is 0 Å². The van der Waals surface area contributed by atoms with Crippen LogP contribution in [0.2, 0.25) is 0 Å². The molecule has 170 valence electrons. The number of nitrogens with zero attached hydrogens (tertiary/aromatic N) is 3. The van der Waals surface area contributed by atoms with Gasteiger partial charge in [0.15, 0.2) is 0 Å². The van der Waals surface area contributed by atoms with Crippen LogP contribution in [0, 0.1) is 0 Å². The predicted octanol–water partition coefficient (Wildman–Crippen LogP) is 6.07. The summed E-state index contributed by atoms with van der Waals surface area (Å²) in [6, 6.07) is 32.1. The number of hydrogen-bond donors (Lipinski definition) is 2. The third kappa shape index (κ3) is 4.99. The molecule has 1 atom stereocenters. The highest BCUT2D eigenvalue weighted by Gasteiger charge is 2.20. The Balaban J connectivity index is 1.31. The molecular weight excluding hydrogens is 418 g/mol. The summed E-state index contributed by atoms with van der Waals surface area (Å²) in [5.74, 6) is 0.672. The number of benzene rings is 3. The fourth-order valence-electron chi connectivity index (χ4n) is 4.79. The number of H-pyrrole nitrogens is 1. The molecule has 5 rings (SSSR count). The van der Waals surface area contributed by atoms with Gasteiger partial charge in [0.1, 0.15) is 11.3 Å². The van der Waals surface area contributed by atoms with Crippen LogP contribution in [0.3, 0.4) is 0 Å². The third-order valence-corrected chi connectivity index (χ3v) is 6.46. The highest BCUT2D eigenvalue weighted by Crippen LogP contribution is 2.34. The minimum absolute atomic E-state index is 0.193. The van der Waals surface area contributed by atoms with E-state index in [0.717, 1.165) is 43.2 Å². The summed E-state index contributed by atoms with van der Waals surface area (Å²) in [6.45, 7) is 0. The molecule has 34 heavy (non-hydrogen) atoms. The summed E-state index contributed by atoms with van der Waals surface area (Å²) in [6.07, 6.45) is 5.28. The van der Waals surface area contributed by atoms with Gasteiger partial charge in [0.05, 0.1) is 0 Å². The largest absolute Gasteiger partial charge is 0.384 e. The standard InChI is InChI=1S/C29H29N5/c30-27-20-26(28-29(31-27)33-34-32-28)25(23-15-5-2-6-16-23)18-10-9-14-22-13-7-8-17-24(22)19-21-11-3-1-4-12-21/h1-8,11-13,15-17,20,25H,9-10,14,18-19H2,(H3,30,31,32,33,34). The topological polar surface area (TPSA) is 80.5 Å². The number of nitrogens with two attached hydrogens (primary N) is 1. The highest BCUT2D eigenvalue weighted by atomic mass is 15.3. The Morgan fingerprint density at radius 1 is 0.765 bits per heavy atom. The maximum Gasteiger partial charge on any atom is 0.203 e. The lowest BCUT2D eigenvalue weighted by molar-refractivity contribution is 0.626. The number of rotatable bonds is 9. The molecule has 5 nitrogen and oxygen atoms in total. The first-order valence-electron chi connectivity index (χ1n) is 11.9. The Morgan fingerprint density at radius 2 is 1.47 bits per heavy atom. The number of nitrogen functional groups attached to an aromatic ring is 1. The maximum atomic E-state index is 6.12. The van der Waals surface area contributed by atoms with Crippen LogP contribution in [0.4, 0.5) is 5.82 Å². The van der Waals surface area contributed by atoms with E-state index < -0.39 is 0 Å². The van der Waals surface area contributed by atoms with Crippen LogP contribution in [0.5, 0.6) is 0 Å². The van der Waals surface area contributed by atoms with Gasteiger partial charge >= 0.3 is 0 Å². The molecule has 3 aromatic carbocycles. The van der Waals surface area contributed by atoms with E-state index >= 15 is 0 Å². The van der Waals surface area contributed by atoms with Crippen LogP contribution in [0.25, 0.3) is 11.2 Å². The zero-order valence-electron chi connectivity index (χ0n) is 19.2. The molecule has 0 saturated heterocycles. The molecule has 5 heteroatoms. The first kappa shape index (κ1) is 21.8. The Hall–Kier alpha value is -3.99. The van der Waals surface area contributed by atoms with E-state index in [1.807, 2.05) is 6.07 Å². The highest BCUT2D eigenvalue weighted by molar-refractivity contribution is 5.77. The van der Waals surface area contributed by atoms with Crippen molar-refractivity contribution in [1.29, 1.82) is 0 Å². The van der Waals surface area contributed by atoms with Gasteiger partial charge in [0, 0.05) is 5.92 Å². The molecular formula is C29H29N5. The van der Waals surface area contributed by atoms with Gasteiger partial charge in [-0.2, -0.15) is 10.3 Å². The second kappa shape index (κ2) is 10.3. The summed E-state index contributed by atoms with van der Waals surface area (Å²) in [7, 11) is 0. The number of pyridine rings is 1. The van der Waals surface area contributed by atoms with Gasteiger partial charge in [-0.25, -0.2) is 4.98 Å². The van der Waals surface area contributed by atoms with E-state index in [4.69, 9.17) is 5.73 Å². The fraction of sp³-hybridized carbons (Fsp3) is 0.207. The summed E-state index contributed by atoms with van der Waals surface area (Å²) in [4.78, 5) is 4.33. The lowest BCUT2D eigenvalue weighted by Gasteiger charge is -2.19. The van der Waals surface area contributed by atoms with Crippen molar-refractivity contribution in [2.45, 2.75) is 38.0 Å². The normalized spacial score (nSPS) is 12.1. The lowest BCUT2D eigenvalue weighted by Crippen LogP contribution is -2.05. The second-order valence-corrected chi connectivity index (χ2v) is 8.77. The smallest absolute Gasteiger partial charge is 0.203 e. The predicted molar refractivity (Wildman–Crippen MR) is 138 cm³/mol. The summed E-state index contributed by atoms with van der Waals surface area (Å²) >= 11 is 0. The van der Waals surface area contributed by atoms with Crippen LogP contribution < -0.4 is 5.73 Å². The van der Waals surface area contributed by atoms with Crippen molar-refractivity contribution >= 4 is 17.0 Å². The van der Waals surface area contributed by atoms with Gasteiger partial charge in [-0.05, 0) is 59.6 Å². The monoisotopic (exact) mass is 447 g/mol. The Labute approximate surface area is 200 Å². The number of aromatic nitrogens is 4. The maximum absolute atomic E-state index is 6.12. The van der Waals surface area contributed by atoms with Gasteiger partial charge in [-0.1, -0.05) is 91.3 Å². The molecule has 2 heterocycles. The van der Waals surface area contributed by atoms with Crippen molar-refractivity contribution in [1.82, 2.24) is 20.4 Å². The minimum atomic E-state index is 0.193. The molecule has 3 N–H and O–H groups in total. The fourth-order valence-corrected chi connectivity index (χ4v) is 4.79. The number of anilines is 1. The molecule has 0 spiro atoms. The first-order chi connectivity index (χ1) is 16.8. The molecule has 0 bridgehead atoms. The SMILES string of the molecule is Nc1cc(C(CCCCc2ccccc2Cc2ccccc2)c2ccccc2)c2n[nH]nc2n1. The number of hydrogen-bond acceptors (Lipinski definition) is 4. The summed E-state index contributed by atoms with van der Waals surface area (Å²) in [5, 5.41) is 11.3. The van der Waals surface area contributed by atoms with Crippen molar-refractivity contribution in [3.63, 3.8) is 0 Å². The molecule has 2 aromatic heterocycles. The van der Waals surface area contributed by atoms with Crippen LogP contribution >= 0.6 is 0 Å². The van der Waals surface area contributed by atoms with Crippen LogP contribution in [-0.4, -0.2) is 20.4 Å². The number of nitrogens with one attached hydrogen (secondary N) is 1. The molecule has 0 aliphatic carbocycles. The van der Waals surface area contributed by atoms with Crippen molar-refractivity contribution in [3.05, 3.63) is 119 Å². The zero-order valence-corrected chi connectivity index (χ0v) is 19.2. The van der Waals surface area contributed by atoms with E-state index in [1.54, 1.807) is 0 Å². The quantitative estimate of drug-likeness (QED) is 0.269. The van der Waals surface area contributed by atoms with Crippen LogP contribution in [0.15, 0.2) is 91.0 Å². The third-order valence-electron chi connectivity index (χ3n) is 6.46. The number of fused-ring (bicyclic) bond motifs is 1. The van der Waals surface area contributed by atoms with E-state index in [9.17, 15) is 0 Å². The van der Waals surface area contributed by atoms with Crippen LogP contribution in [-0.2, 0) is 12.8 Å². The number of aromatic amines is 1. The molecule has 0 aliphatic heterocycles. The Morgan fingerprint density at radius 3 is 2.26 bits per heavy atom. The molecule has 0 aliphatic rings. The number of aryl methyl sites for hydroxylation is 1. The van der Waals surface area contributed by atoms with Gasteiger partial charge in [-0.3, -0.25) is 0 Å². The molecule has 0 fully saturated rings. The van der Waals surface area contributed by atoms with Gasteiger partial charge in [0.2, 0.25) is 5.65 Å². The van der Waals surface area contributed by atoms with Crippen molar-refractivity contribution in [2.24, 2.45) is 0 Å². The second-order valence-electron chi connectivity index (χ2n) is 8.77. The van der Waals surface area contributed by atoms with Gasteiger partial charge < -0.3 is 5.73 Å². The zero-order chi connectivity index (χ0) is 23.2. The lowest BCUT2D eigenvalue weighted by atomic mass is 9.86. The average molecular weight is 448 g/mol. The minimum Gasteiger partial charge on any atom is -0.384 e.